The number of hydrogen-bond acceptors (Lipinski definition) is 4. The SMILES string of the molecule is C.C1=C(c2cn[nH]c2)[C@@H]2CCN=C(Cc3ccc(Cn4cccn4)cc3)C2=N1.CC. The maximum absolute atomic E-state index is 4.78. The molecule has 0 fully saturated rings. The van der Waals surface area contributed by atoms with Gasteiger partial charge in [0.25, 0.3) is 0 Å². The van der Waals surface area contributed by atoms with Crippen molar-refractivity contribution in [1.82, 2.24) is 20.0 Å². The van der Waals surface area contributed by atoms with E-state index in [9.17, 15) is 0 Å². The van der Waals surface area contributed by atoms with Crippen LogP contribution in [-0.2, 0) is 13.0 Å². The summed E-state index contributed by atoms with van der Waals surface area (Å²) in [5.41, 5.74) is 7.12. The number of nitrogens with zero attached hydrogens (tertiary/aromatic N) is 5. The highest BCUT2D eigenvalue weighted by Crippen LogP contribution is 2.34. The predicted octanol–water partition coefficient (Wildman–Crippen LogP) is 4.82. The molecule has 6 heteroatoms. The fourth-order valence-corrected chi connectivity index (χ4v) is 3.81. The third kappa shape index (κ3) is 4.48. The van der Waals surface area contributed by atoms with Gasteiger partial charge in [-0.1, -0.05) is 45.5 Å². The molecule has 3 aromatic rings. The van der Waals surface area contributed by atoms with Crippen LogP contribution in [0.2, 0.25) is 0 Å². The first kappa shape index (κ1) is 21.4. The van der Waals surface area contributed by atoms with Crippen LogP contribution in [0.1, 0.15) is 44.4 Å². The lowest BCUT2D eigenvalue weighted by molar-refractivity contribution is 0.687. The van der Waals surface area contributed by atoms with Gasteiger partial charge in [-0.15, -0.1) is 0 Å². The van der Waals surface area contributed by atoms with Crippen LogP contribution >= 0.6 is 0 Å². The largest absolute Gasteiger partial charge is 0.287 e. The van der Waals surface area contributed by atoms with Gasteiger partial charge in [-0.3, -0.25) is 19.8 Å². The molecule has 2 aromatic heterocycles. The molecule has 0 amide bonds. The van der Waals surface area contributed by atoms with Crippen molar-refractivity contribution >= 4 is 17.0 Å². The zero-order chi connectivity index (χ0) is 20.1. The second-order valence-electron chi connectivity index (χ2n) is 6.95. The number of aromatic nitrogens is 4. The Bertz CT molecular complexity index is 1010. The average molecular weight is 403 g/mol. The summed E-state index contributed by atoms with van der Waals surface area (Å²) in [6.07, 6.45) is 11.4. The maximum Gasteiger partial charge on any atom is 0.0693 e. The molecule has 5 rings (SSSR count). The molecule has 6 nitrogen and oxygen atoms in total. The Hall–Kier alpha value is -3.28. The summed E-state index contributed by atoms with van der Waals surface area (Å²) >= 11 is 0. The van der Waals surface area contributed by atoms with E-state index in [0.29, 0.717) is 5.92 Å². The van der Waals surface area contributed by atoms with Gasteiger partial charge >= 0.3 is 0 Å². The lowest BCUT2D eigenvalue weighted by Gasteiger charge is -2.22. The van der Waals surface area contributed by atoms with Gasteiger partial charge in [0, 0.05) is 49.2 Å². The smallest absolute Gasteiger partial charge is 0.0693 e. The minimum atomic E-state index is 0. The zero-order valence-corrected chi connectivity index (χ0v) is 16.9. The molecule has 1 aromatic carbocycles. The quantitative estimate of drug-likeness (QED) is 0.665. The normalized spacial score (nSPS) is 17.0. The summed E-state index contributed by atoms with van der Waals surface area (Å²) in [7, 11) is 0. The number of aliphatic imine (C=N–C) groups is 2. The van der Waals surface area contributed by atoms with Crippen molar-refractivity contribution in [2.75, 3.05) is 6.54 Å². The maximum atomic E-state index is 4.78. The molecule has 2 aliphatic rings. The molecule has 1 N–H and O–H groups in total. The molecular formula is C24H30N6. The van der Waals surface area contributed by atoms with Crippen LogP contribution in [0.25, 0.3) is 5.57 Å². The molecular weight excluding hydrogens is 372 g/mol. The third-order valence-electron chi connectivity index (χ3n) is 5.19. The van der Waals surface area contributed by atoms with Crippen LogP contribution in [0.15, 0.2) is 71.3 Å². The number of rotatable bonds is 5. The molecule has 4 heterocycles. The number of aromatic amines is 1. The highest BCUT2D eigenvalue weighted by molar-refractivity contribution is 6.46. The fraction of sp³-hybridized carbons (Fsp3) is 0.333. The summed E-state index contributed by atoms with van der Waals surface area (Å²) in [6.45, 7) is 5.65. The first-order chi connectivity index (χ1) is 14.4. The van der Waals surface area contributed by atoms with Gasteiger partial charge in [0.1, 0.15) is 0 Å². The Morgan fingerprint density at radius 1 is 1.13 bits per heavy atom. The number of nitrogens with one attached hydrogen (secondary N) is 1. The molecule has 156 valence electrons. The van der Waals surface area contributed by atoms with Crippen LogP contribution in [0.3, 0.4) is 0 Å². The number of allylic oxidation sites excluding steroid dienone is 1. The van der Waals surface area contributed by atoms with E-state index in [1.807, 2.05) is 49.4 Å². The third-order valence-corrected chi connectivity index (χ3v) is 5.19. The first-order valence-electron chi connectivity index (χ1n) is 10.2. The highest BCUT2D eigenvalue weighted by atomic mass is 15.3. The zero-order valence-electron chi connectivity index (χ0n) is 16.9. The van der Waals surface area contributed by atoms with Crippen molar-refractivity contribution in [3.63, 3.8) is 0 Å². The fourth-order valence-electron chi connectivity index (χ4n) is 3.81. The molecule has 0 radical (unpaired) electrons. The van der Waals surface area contributed by atoms with Crippen LogP contribution in [-0.4, -0.2) is 37.9 Å². The Labute approximate surface area is 178 Å². The number of benzene rings is 1. The Morgan fingerprint density at radius 2 is 1.93 bits per heavy atom. The summed E-state index contributed by atoms with van der Waals surface area (Å²) in [5, 5.41) is 11.2. The van der Waals surface area contributed by atoms with Gasteiger partial charge in [0.2, 0.25) is 0 Å². The average Bonchev–Trinajstić information content (AvgIpc) is 3.53. The first-order valence-corrected chi connectivity index (χ1v) is 10.2. The van der Waals surface area contributed by atoms with Gasteiger partial charge in [-0.2, -0.15) is 10.2 Å². The highest BCUT2D eigenvalue weighted by Gasteiger charge is 2.31. The van der Waals surface area contributed by atoms with Crippen molar-refractivity contribution in [2.45, 2.75) is 40.7 Å². The monoisotopic (exact) mass is 402 g/mol. The molecule has 0 spiro atoms. The second-order valence-corrected chi connectivity index (χ2v) is 6.95. The van der Waals surface area contributed by atoms with Crippen LogP contribution in [0.4, 0.5) is 0 Å². The summed E-state index contributed by atoms with van der Waals surface area (Å²) in [5.74, 6) is 0.342. The molecule has 30 heavy (non-hydrogen) atoms. The minimum absolute atomic E-state index is 0. The van der Waals surface area contributed by atoms with E-state index < -0.39 is 0 Å². The topological polar surface area (TPSA) is 71.2 Å². The molecule has 0 bridgehead atoms. The van der Waals surface area contributed by atoms with Crippen molar-refractivity contribution in [1.29, 1.82) is 0 Å². The van der Waals surface area contributed by atoms with Gasteiger partial charge in [0.15, 0.2) is 0 Å². The minimum Gasteiger partial charge on any atom is -0.287 e. The van der Waals surface area contributed by atoms with Gasteiger partial charge < -0.3 is 0 Å². The summed E-state index contributed by atoms with van der Waals surface area (Å²) < 4.78 is 1.93. The van der Waals surface area contributed by atoms with Crippen LogP contribution in [0, 0.1) is 5.92 Å². The van der Waals surface area contributed by atoms with Crippen LogP contribution < -0.4 is 0 Å². The van der Waals surface area contributed by atoms with Crippen molar-refractivity contribution in [3.05, 3.63) is 78.0 Å². The van der Waals surface area contributed by atoms with Crippen molar-refractivity contribution < 1.29 is 0 Å². The Balaban J connectivity index is 0.000000830. The van der Waals surface area contributed by atoms with Gasteiger partial charge in [-0.05, 0) is 29.2 Å². The molecule has 0 aliphatic carbocycles. The van der Waals surface area contributed by atoms with E-state index in [-0.39, 0.29) is 7.43 Å². The second kappa shape index (κ2) is 9.96. The van der Waals surface area contributed by atoms with Crippen molar-refractivity contribution in [2.24, 2.45) is 15.9 Å². The lowest BCUT2D eigenvalue weighted by Crippen LogP contribution is -2.29. The predicted molar refractivity (Wildman–Crippen MR) is 124 cm³/mol. The molecule has 0 saturated carbocycles. The molecule has 0 unspecified atom stereocenters. The van der Waals surface area contributed by atoms with E-state index in [2.05, 4.69) is 39.6 Å². The van der Waals surface area contributed by atoms with E-state index in [0.717, 1.165) is 42.9 Å². The summed E-state index contributed by atoms with van der Waals surface area (Å²) in [6, 6.07) is 10.7. The Morgan fingerprint density at radius 3 is 2.63 bits per heavy atom. The van der Waals surface area contributed by atoms with Gasteiger partial charge in [-0.25, -0.2) is 0 Å². The lowest BCUT2D eigenvalue weighted by atomic mass is 9.84. The van der Waals surface area contributed by atoms with E-state index in [4.69, 9.17) is 9.98 Å². The van der Waals surface area contributed by atoms with Crippen LogP contribution in [0.5, 0.6) is 0 Å². The number of H-pyrrole nitrogens is 1. The molecule has 2 aliphatic heterocycles. The van der Waals surface area contributed by atoms with Crippen molar-refractivity contribution in [3.8, 4) is 0 Å². The Kier molecular flexibility index (Phi) is 7.12. The molecule has 1 atom stereocenters. The van der Waals surface area contributed by atoms with E-state index in [1.165, 1.54) is 16.7 Å². The standard InChI is InChI=1S/C21H20N6.C2H6.CH4/c1-7-26-27(9-1)14-16-4-2-15(3-5-16)10-20-21-18(6-8-22-20)19(13-23-21)17-11-24-25-12-17;1-2;/h1-5,7,9,11-13,18H,6,8,10,14H2,(H,24,25);1-2H3;1H4/t18-;;/m0../s1. The van der Waals surface area contributed by atoms with E-state index in [1.54, 1.807) is 6.20 Å². The molecule has 0 saturated heterocycles. The number of fused-ring (bicyclic) bond motifs is 1. The number of hydrogen-bond donors (Lipinski definition) is 1. The van der Waals surface area contributed by atoms with Gasteiger partial charge in [0.05, 0.1) is 24.2 Å². The summed E-state index contributed by atoms with van der Waals surface area (Å²) in [4.78, 5) is 9.49. The van der Waals surface area contributed by atoms with E-state index >= 15 is 0 Å².